The zero-order chi connectivity index (χ0) is 19.1. The number of aromatic nitrogens is 3. The highest BCUT2D eigenvalue weighted by molar-refractivity contribution is 5.72. The summed E-state index contributed by atoms with van der Waals surface area (Å²) < 4.78 is 37.8. The van der Waals surface area contributed by atoms with Crippen molar-refractivity contribution in [3.63, 3.8) is 0 Å². The molecule has 8 heteroatoms. The molecule has 1 radical (unpaired) electrons. The normalized spacial score (nSPS) is 11.1. The van der Waals surface area contributed by atoms with Crippen LogP contribution in [0.1, 0.15) is 11.1 Å². The number of halogens is 2. The molecule has 135 valence electrons. The van der Waals surface area contributed by atoms with Gasteiger partial charge in [0.25, 0.3) is 5.71 Å². The number of fused-ring (bicyclic) bond motifs is 1. The largest absolute Gasteiger partial charge is 0.421 e. The van der Waals surface area contributed by atoms with Gasteiger partial charge in [-0.15, -0.1) is 0 Å². The van der Waals surface area contributed by atoms with E-state index in [0.29, 0.717) is 22.2 Å². The molecule has 2 aromatic carbocycles. The molecule has 0 atom stereocenters. The molecule has 0 fully saturated rings. The Bertz CT molecular complexity index is 1150. The van der Waals surface area contributed by atoms with Crippen LogP contribution in [0.5, 0.6) is 17.5 Å². The van der Waals surface area contributed by atoms with Crippen molar-refractivity contribution in [1.29, 1.82) is 0 Å². The number of ether oxygens (including phenoxy) is 1. The maximum atomic E-state index is 13.7. The monoisotopic (exact) mass is 368 g/mol. The summed E-state index contributed by atoms with van der Waals surface area (Å²) in [6.45, 7) is 3.42. The smallest absolute Gasteiger partial charge is 0.325 e. The first kappa shape index (κ1) is 16.9. The van der Waals surface area contributed by atoms with Gasteiger partial charge in [-0.05, 0) is 49.2 Å². The molecule has 6 nitrogen and oxygen atoms in total. The molecule has 2 heterocycles. The topological polar surface area (TPSA) is 80.9 Å². The van der Waals surface area contributed by atoms with Gasteiger partial charge in [-0.25, -0.2) is 18.7 Å². The highest BCUT2D eigenvalue weighted by Crippen LogP contribution is 2.31. The molecule has 0 aliphatic rings. The van der Waals surface area contributed by atoms with Gasteiger partial charge in [-0.2, -0.15) is 4.98 Å². The molecule has 0 saturated heterocycles. The third-order valence-corrected chi connectivity index (χ3v) is 3.93. The fourth-order valence-electron chi connectivity index (χ4n) is 2.62. The summed E-state index contributed by atoms with van der Waals surface area (Å²) in [5.41, 5.74) is 2.25. The number of oxazole rings is 1. The van der Waals surface area contributed by atoms with E-state index in [1.807, 2.05) is 0 Å². The van der Waals surface area contributed by atoms with E-state index < -0.39 is 11.6 Å². The lowest BCUT2D eigenvalue weighted by Gasteiger charge is -2.04. The van der Waals surface area contributed by atoms with E-state index in [2.05, 4.69) is 15.0 Å². The van der Waals surface area contributed by atoms with Gasteiger partial charge in [0, 0.05) is 11.6 Å². The molecule has 27 heavy (non-hydrogen) atoms. The van der Waals surface area contributed by atoms with Gasteiger partial charge < -0.3 is 9.15 Å². The summed E-state index contributed by atoms with van der Waals surface area (Å²) in [5.74, 6) is -1.52. The maximum absolute atomic E-state index is 13.7. The third kappa shape index (κ3) is 3.17. The Morgan fingerprint density at radius 3 is 2.52 bits per heavy atom. The Morgan fingerprint density at radius 1 is 1.04 bits per heavy atom. The Labute approximate surface area is 152 Å². The summed E-state index contributed by atoms with van der Waals surface area (Å²) in [5, 5.41) is 11.8. The quantitative estimate of drug-likeness (QED) is 0.501. The number of nitrogens with zero attached hydrogens (tertiary/aromatic N) is 3. The van der Waals surface area contributed by atoms with Gasteiger partial charge in [0.2, 0.25) is 5.89 Å². The summed E-state index contributed by atoms with van der Waals surface area (Å²) >= 11 is 0. The fourth-order valence-corrected chi connectivity index (χ4v) is 2.62. The molecule has 0 aliphatic carbocycles. The first-order chi connectivity index (χ1) is 12.9. The summed E-state index contributed by atoms with van der Waals surface area (Å²) in [4.78, 5) is 12.3. The van der Waals surface area contributed by atoms with Crippen molar-refractivity contribution in [3.8, 4) is 29.0 Å². The van der Waals surface area contributed by atoms with E-state index in [0.717, 1.165) is 18.2 Å². The van der Waals surface area contributed by atoms with Crippen molar-refractivity contribution in [1.82, 2.24) is 15.0 Å². The van der Waals surface area contributed by atoms with Crippen LogP contribution >= 0.6 is 0 Å². The van der Waals surface area contributed by atoms with Crippen LogP contribution in [0, 0.1) is 25.5 Å². The summed E-state index contributed by atoms with van der Waals surface area (Å²) in [6, 6.07) is 5.95. The lowest BCUT2D eigenvalue weighted by atomic mass is 10.1. The van der Waals surface area contributed by atoms with Gasteiger partial charge in [-0.3, -0.25) is 5.11 Å². The van der Waals surface area contributed by atoms with Crippen molar-refractivity contribution in [2.75, 3.05) is 0 Å². The van der Waals surface area contributed by atoms with E-state index >= 15 is 0 Å². The van der Waals surface area contributed by atoms with Crippen molar-refractivity contribution in [2.24, 2.45) is 0 Å². The maximum Gasteiger partial charge on any atom is 0.325 e. The second kappa shape index (κ2) is 6.31. The van der Waals surface area contributed by atoms with Crippen molar-refractivity contribution < 1.29 is 23.0 Å². The van der Waals surface area contributed by atoms with Gasteiger partial charge in [0.1, 0.15) is 11.3 Å². The Morgan fingerprint density at radius 2 is 1.78 bits per heavy atom. The third-order valence-electron chi connectivity index (χ3n) is 3.93. The van der Waals surface area contributed by atoms with E-state index in [4.69, 9.17) is 9.15 Å². The molecule has 0 N–H and O–H groups in total. The summed E-state index contributed by atoms with van der Waals surface area (Å²) in [6.07, 6.45) is 1.35. The number of hydrogen-bond donors (Lipinski definition) is 0. The molecule has 0 spiro atoms. The minimum atomic E-state index is -0.748. The highest BCUT2D eigenvalue weighted by Gasteiger charge is 2.15. The van der Waals surface area contributed by atoms with E-state index in [-0.39, 0.29) is 29.1 Å². The van der Waals surface area contributed by atoms with Crippen molar-refractivity contribution in [2.45, 2.75) is 13.8 Å². The van der Waals surface area contributed by atoms with Crippen LogP contribution in [-0.2, 0) is 5.11 Å². The predicted octanol–water partition coefficient (Wildman–Crippen LogP) is 5.12. The number of hydrogen-bond acceptors (Lipinski definition) is 5. The average molecular weight is 368 g/mol. The molecule has 0 bridgehead atoms. The lowest BCUT2D eigenvalue weighted by molar-refractivity contribution is 0.348. The molecular weight excluding hydrogens is 356 g/mol. The Hall–Kier alpha value is -3.55. The molecular formula is C19H12F2N3O3. The molecule has 0 amide bonds. The average Bonchev–Trinajstić information content (AvgIpc) is 3.06. The minimum absolute atomic E-state index is 0.0394. The molecule has 2 aromatic heterocycles. The zero-order valence-corrected chi connectivity index (χ0v) is 14.3. The van der Waals surface area contributed by atoms with Crippen molar-refractivity contribution in [3.05, 3.63) is 59.3 Å². The van der Waals surface area contributed by atoms with Gasteiger partial charge in [0.15, 0.2) is 17.3 Å². The SMILES string of the molecule is Cc1cc(-c2nc3cnc(Oc4cc(F)ccc4F)nc3o2)cc(C)c1[O]. The molecule has 4 aromatic rings. The van der Waals surface area contributed by atoms with Gasteiger partial charge in [-0.1, -0.05) is 0 Å². The number of rotatable bonds is 3. The second-order valence-electron chi connectivity index (χ2n) is 5.98. The van der Waals surface area contributed by atoms with Gasteiger partial charge in [0.05, 0.1) is 6.20 Å². The van der Waals surface area contributed by atoms with Crippen LogP contribution in [0.25, 0.3) is 22.7 Å². The molecule has 0 saturated carbocycles. The van der Waals surface area contributed by atoms with Crippen LogP contribution in [0.4, 0.5) is 8.78 Å². The molecule has 0 unspecified atom stereocenters. The minimum Gasteiger partial charge on any atom is -0.421 e. The molecule has 0 aliphatic heterocycles. The van der Waals surface area contributed by atoms with Crippen LogP contribution in [0.2, 0.25) is 0 Å². The van der Waals surface area contributed by atoms with Gasteiger partial charge >= 0.3 is 6.01 Å². The molecule has 4 rings (SSSR count). The Balaban J connectivity index is 1.71. The highest BCUT2D eigenvalue weighted by atomic mass is 19.1. The van der Waals surface area contributed by atoms with E-state index in [1.165, 1.54) is 6.20 Å². The summed E-state index contributed by atoms with van der Waals surface area (Å²) in [7, 11) is 0. The number of benzene rings is 2. The lowest BCUT2D eigenvalue weighted by Crippen LogP contribution is -1.94. The standard InChI is InChI=1S/C19H12F2N3O3/c1-9-5-11(6-10(2)16(9)25)17-23-14-8-22-19(24-18(14)27-17)26-15-7-12(20)3-4-13(15)21/h3-8H,1-2H3. The van der Waals surface area contributed by atoms with Crippen LogP contribution < -0.4 is 4.74 Å². The fraction of sp³-hybridized carbons (Fsp3) is 0.105. The van der Waals surface area contributed by atoms with E-state index in [1.54, 1.807) is 26.0 Å². The Kier molecular flexibility index (Phi) is 3.95. The van der Waals surface area contributed by atoms with E-state index in [9.17, 15) is 13.9 Å². The first-order valence-corrected chi connectivity index (χ1v) is 7.96. The van der Waals surface area contributed by atoms with Crippen LogP contribution in [0.3, 0.4) is 0 Å². The van der Waals surface area contributed by atoms with Crippen LogP contribution in [-0.4, -0.2) is 15.0 Å². The predicted molar refractivity (Wildman–Crippen MR) is 91.1 cm³/mol. The van der Waals surface area contributed by atoms with Crippen molar-refractivity contribution >= 4 is 11.2 Å². The second-order valence-corrected chi connectivity index (χ2v) is 5.98. The zero-order valence-electron chi connectivity index (χ0n) is 14.3. The first-order valence-electron chi connectivity index (χ1n) is 7.96. The number of aryl methyl sites for hydroxylation is 2. The van der Waals surface area contributed by atoms with Crippen LogP contribution in [0.15, 0.2) is 40.9 Å².